The van der Waals surface area contributed by atoms with Gasteiger partial charge < -0.3 is 15.1 Å². The highest BCUT2D eigenvalue weighted by Crippen LogP contribution is 2.37. The maximum atomic E-state index is 14.5. The highest BCUT2D eigenvalue weighted by Gasteiger charge is 2.26. The number of amidine groups is 1. The molecule has 0 radical (unpaired) electrons. The minimum absolute atomic E-state index is 0.278. The minimum Gasteiger partial charge on any atom is -0.353 e. The van der Waals surface area contributed by atoms with Gasteiger partial charge in [0.15, 0.2) is 0 Å². The Labute approximate surface area is 151 Å². The van der Waals surface area contributed by atoms with E-state index in [1.165, 1.54) is 6.07 Å². The third-order valence-corrected chi connectivity index (χ3v) is 5.05. The Morgan fingerprint density at radius 1 is 1.16 bits per heavy atom. The Bertz CT molecular complexity index is 828. The predicted molar refractivity (Wildman–Crippen MR) is 101 cm³/mol. The average molecular weight is 359 g/mol. The summed E-state index contributed by atoms with van der Waals surface area (Å²) < 4.78 is 14.5. The molecule has 1 fully saturated rings. The Balaban J connectivity index is 1.81. The van der Waals surface area contributed by atoms with Crippen LogP contribution in [-0.2, 0) is 0 Å². The molecular formula is C19H20ClFN4. The summed E-state index contributed by atoms with van der Waals surface area (Å²) in [6.07, 6.45) is 0. The van der Waals surface area contributed by atoms with Crippen LogP contribution in [0, 0.1) is 5.82 Å². The summed E-state index contributed by atoms with van der Waals surface area (Å²) >= 11 is 6.15. The van der Waals surface area contributed by atoms with Crippen molar-refractivity contribution >= 4 is 34.5 Å². The Hall–Kier alpha value is -2.11. The maximum absolute atomic E-state index is 14.5. The van der Waals surface area contributed by atoms with Crippen molar-refractivity contribution in [3.8, 4) is 0 Å². The van der Waals surface area contributed by atoms with E-state index in [-0.39, 0.29) is 5.82 Å². The second-order valence-electron chi connectivity index (χ2n) is 6.31. The van der Waals surface area contributed by atoms with Gasteiger partial charge in [0.1, 0.15) is 11.7 Å². The Morgan fingerprint density at radius 3 is 2.72 bits per heavy atom. The number of rotatable bonds is 1. The summed E-state index contributed by atoms with van der Waals surface area (Å²) in [7, 11) is 0. The number of hydrogen-bond donors (Lipinski definition) is 1. The largest absolute Gasteiger partial charge is 0.353 e. The van der Waals surface area contributed by atoms with Crippen LogP contribution in [0.1, 0.15) is 12.5 Å². The maximum Gasteiger partial charge on any atom is 0.147 e. The third kappa shape index (κ3) is 3.10. The fourth-order valence-electron chi connectivity index (χ4n) is 3.37. The first kappa shape index (κ1) is 16.4. The zero-order valence-electron chi connectivity index (χ0n) is 14.1. The first-order chi connectivity index (χ1) is 12.2. The molecule has 25 heavy (non-hydrogen) atoms. The minimum atomic E-state index is -0.278. The number of halogens is 2. The van der Waals surface area contributed by atoms with Gasteiger partial charge in [0.05, 0.1) is 17.1 Å². The molecule has 2 aromatic carbocycles. The second kappa shape index (κ2) is 6.65. The molecule has 0 spiro atoms. The van der Waals surface area contributed by atoms with Gasteiger partial charge in [-0.15, -0.1) is 0 Å². The molecule has 0 amide bonds. The van der Waals surface area contributed by atoms with Crippen molar-refractivity contribution in [2.24, 2.45) is 4.99 Å². The smallest absolute Gasteiger partial charge is 0.147 e. The van der Waals surface area contributed by atoms with Crippen molar-refractivity contribution in [3.63, 3.8) is 0 Å². The van der Waals surface area contributed by atoms with Crippen LogP contribution in [-0.4, -0.2) is 48.4 Å². The van der Waals surface area contributed by atoms with Crippen LogP contribution in [0.3, 0.4) is 0 Å². The Kier molecular flexibility index (Phi) is 4.36. The van der Waals surface area contributed by atoms with Crippen LogP contribution in [0.5, 0.6) is 0 Å². The molecule has 0 aliphatic carbocycles. The van der Waals surface area contributed by atoms with Crippen LogP contribution in [0.2, 0.25) is 5.02 Å². The molecular weight excluding hydrogens is 339 g/mol. The van der Waals surface area contributed by atoms with Crippen LogP contribution >= 0.6 is 11.6 Å². The molecule has 0 aromatic heterocycles. The highest BCUT2D eigenvalue weighted by molar-refractivity contribution is 6.31. The van der Waals surface area contributed by atoms with Gasteiger partial charge in [-0.1, -0.05) is 24.6 Å². The lowest BCUT2D eigenvalue weighted by molar-refractivity contribution is 0.190. The number of nitrogens with zero attached hydrogens (tertiary/aromatic N) is 3. The van der Waals surface area contributed by atoms with E-state index in [4.69, 9.17) is 16.6 Å². The molecule has 1 N–H and O–H groups in total. The van der Waals surface area contributed by atoms with Crippen molar-refractivity contribution in [1.82, 2.24) is 9.80 Å². The molecule has 6 heteroatoms. The standard InChI is InChI=1S/C19H20ClFN4/c1-2-24-8-10-25(11-9-24)19-14-4-3-5-15(21)18(14)22-16-7-6-13(20)12-17(16)23-19/h3-7,12,22H,2,8-11H2,1H3. The number of nitrogens with one attached hydrogen (secondary N) is 1. The van der Waals surface area contributed by atoms with E-state index in [0.29, 0.717) is 10.7 Å². The molecule has 4 rings (SSSR count). The SMILES string of the molecule is CCN1CCN(C2=Nc3cc(Cl)ccc3Nc3c(F)cccc32)CC1. The van der Waals surface area contributed by atoms with E-state index in [1.54, 1.807) is 12.1 Å². The van der Waals surface area contributed by atoms with Gasteiger partial charge in [-0.05, 0) is 36.9 Å². The molecule has 0 saturated carbocycles. The first-order valence-corrected chi connectivity index (χ1v) is 8.95. The van der Waals surface area contributed by atoms with Crippen molar-refractivity contribution in [3.05, 3.63) is 52.8 Å². The van der Waals surface area contributed by atoms with Crippen LogP contribution in [0.25, 0.3) is 0 Å². The van der Waals surface area contributed by atoms with Gasteiger partial charge in [-0.2, -0.15) is 0 Å². The zero-order valence-corrected chi connectivity index (χ0v) is 14.9. The number of piperazine rings is 1. The van der Waals surface area contributed by atoms with Gasteiger partial charge in [0.2, 0.25) is 0 Å². The van der Waals surface area contributed by atoms with Crippen molar-refractivity contribution in [2.75, 3.05) is 38.0 Å². The number of aliphatic imine (C=N–C) groups is 1. The van der Waals surface area contributed by atoms with Crippen LogP contribution < -0.4 is 5.32 Å². The highest BCUT2D eigenvalue weighted by atomic mass is 35.5. The summed E-state index contributed by atoms with van der Waals surface area (Å²) in [5.74, 6) is 0.527. The lowest BCUT2D eigenvalue weighted by atomic mass is 10.1. The number of likely N-dealkylation sites (N-methyl/N-ethyl adjacent to an activating group) is 1. The van der Waals surface area contributed by atoms with Gasteiger partial charge in [0.25, 0.3) is 0 Å². The molecule has 0 atom stereocenters. The summed E-state index contributed by atoms with van der Waals surface area (Å²) in [5.41, 5.74) is 2.76. The fourth-order valence-corrected chi connectivity index (χ4v) is 3.53. The quantitative estimate of drug-likeness (QED) is 0.826. The van der Waals surface area contributed by atoms with Gasteiger partial charge in [-0.3, -0.25) is 0 Å². The zero-order chi connectivity index (χ0) is 17.4. The third-order valence-electron chi connectivity index (χ3n) is 4.82. The first-order valence-electron chi connectivity index (χ1n) is 8.57. The summed E-state index contributed by atoms with van der Waals surface area (Å²) in [5, 5.41) is 3.82. The molecule has 2 aliphatic heterocycles. The van der Waals surface area contributed by atoms with Crippen LogP contribution in [0.15, 0.2) is 41.4 Å². The molecule has 1 saturated heterocycles. The molecule has 4 nitrogen and oxygen atoms in total. The van der Waals surface area contributed by atoms with Gasteiger partial charge >= 0.3 is 0 Å². The van der Waals surface area contributed by atoms with Gasteiger partial charge in [0, 0.05) is 36.8 Å². The second-order valence-corrected chi connectivity index (χ2v) is 6.74. The number of para-hydroxylation sites is 1. The summed E-state index contributed by atoms with van der Waals surface area (Å²) in [6, 6.07) is 10.6. The molecule has 2 aliphatic rings. The predicted octanol–water partition coefficient (Wildman–Crippen LogP) is 4.25. The monoisotopic (exact) mass is 358 g/mol. The Morgan fingerprint density at radius 2 is 1.96 bits per heavy atom. The summed E-state index contributed by atoms with van der Waals surface area (Å²) in [4.78, 5) is 9.51. The normalized spacial score (nSPS) is 17.2. The lowest BCUT2D eigenvalue weighted by Crippen LogP contribution is -2.48. The number of anilines is 2. The van der Waals surface area contributed by atoms with Crippen molar-refractivity contribution < 1.29 is 4.39 Å². The van der Waals surface area contributed by atoms with E-state index >= 15 is 0 Å². The molecule has 2 aromatic rings. The molecule has 130 valence electrons. The van der Waals surface area contributed by atoms with E-state index in [1.807, 2.05) is 18.2 Å². The number of hydrogen-bond acceptors (Lipinski definition) is 4. The van der Waals surface area contributed by atoms with Crippen molar-refractivity contribution in [2.45, 2.75) is 6.92 Å². The lowest BCUT2D eigenvalue weighted by Gasteiger charge is -2.36. The fraction of sp³-hybridized carbons (Fsp3) is 0.316. The summed E-state index contributed by atoms with van der Waals surface area (Å²) in [6.45, 7) is 6.93. The van der Waals surface area contributed by atoms with E-state index in [2.05, 4.69) is 22.0 Å². The topological polar surface area (TPSA) is 30.9 Å². The van der Waals surface area contributed by atoms with Crippen LogP contribution in [0.4, 0.5) is 21.5 Å². The molecule has 2 heterocycles. The molecule has 0 unspecified atom stereocenters. The van der Waals surface area contributed by atoms with Gasteiger partial charge in [-0.25, -0.2) is 9.38 Å². The number of benzene rings is 2. The van der Waals surface area contributed by atoms with Crippen molar-refractivity contribution in [1.29, 1.82) is 0 Å². The average Bonchev–Trinajstić information content (AvgIpc) is 2.79. The molecule has 0 bridgehead atoms. The van der Waals surface area contributed by atoms with E-state index < -0.39 is 0 Å². The van der Waals surface area contributed by atoms with E-state index in [0.717, 1.165) is 55.5 Å². The van der Waals surface area contributed by atoms with E-state index in [9.17, 15) is 4.39 Å². The number of fused-ring (bicyclic) bond motifs is 2.